The summed E-state index contributed by atoms with van der Waals surface area (Å²) in [6.45, 7) is 0. The second-order valence-electron chi connectivity index (χ2n) is 3.35. The molecule has 1 nitrogen and oxygen atoms in total. The Morgan fingerprint density at radius 3 is 2.06 bits per heavy atom. The third kappa shape index (κ3) is 5.36. The second-order valence-corrected chi connectivity index (χ2v) is 4.49. The first-order valence-corrected chi connectivity index (χ1v) is 5.49. The Morgan fingerprint density at radius 2 is 1.65 bits per heavy atom. The predicted octanol–water partition coefficient (Wildman–Crippen LogP) is 3.95. The molecule has 0 fully saturated rings. The minimum absolute atomic E-state index is 0.00509. The van der Waals surface area contributed by atoms with Crippen LogP contribution in [-0.4, -0.2) is 11.9 Å². The van der Waals surface area contributed by atoms with Gasteiger partial charge in [0.05, 0.1) is 0 Å². The summed E-state index contributed by atoms with van der Waals surface area (Å²) in [4.78, 5) is 0.00509. The zero-order valence-electron chi connectivity index (χ0n) is 8.55. The molecule has 0 amide bonds. The van der Waals surface area contributed by atoms with Gasteiger partial charge >= 0.3 is 5.51 Å². The van der Waals surface area contributed by atoms with E-state index < -0.39 is 24.4 Å². The summed E-state index contributed by atoms with van der Waals surface area (Å²) in [5, 5.41) is 0. The van der Waals surface area contributed by atoms with Crippen LogP contribution in [0.5, 0.6) is 0 Å². The molecule has 1 atom stereocenters. The first-order valence-electron chi connectivity index (χ1n) is 4.67. The molecule has 96 valence electrons. The molecule has 1 rings (SSSR count). The van der Waals surface area contributed by atoms with Gasteiger partial charge in [-0.25, -0.2) is 8.78 Å². The highest BCUT2D eigenvalue weighted by atomic mass is 32.2. The molecule has 1 aromatic rings. The summed E-state index contributed by atoms with van der Waals surface area (Å²) in [5.41, 5.74) is 1.51. The van der Waals surface area contributed by atoms with Gasteiger partial charge in [0.1, 0.15) is 0 Å². The van der Waals surface area contributed by atoms with Crippen LogP contribution in [0.1, 0.15) is 18.0 Å². The zero-order valence-corrected chi connectivity index (χ0v) is 9.36. The first-order chi connectivity index (χ1) is 7.78. The minimum atomic E-state index is -4.35. The highest BCUT2D eigenvalue weighted by molar-refractivity contribution is 8.00. The van der Waals surface area contributed by atoms with Gasteiger partial charge in [0, 0.05) is 17.4 Å². The molecule has 0 bridgehead atoms. The molecule has 7 heteroatoms. The Hall–Kier alpha value is -0.820. The van der Waals surface area contributed by atoms with E-state index in [1.165, 1.54) is 24.3 Å². The second kappa shape index (κ2) is 5.68. The van der Waals surface area contributed by atoms with E-state index in [0.29, 0.717) is 5.56 Å². The maximum absolute atomic E-state index is 12.0. The molecule has 0 unspecified atom stereocenters. The van der Waals surface area contributed by atoms with Crippen molar-refractivity contribution in [1.29, 1.82) is 0 Å². The van der Waals surface area contributed by atoms with Crippen molar-refractivity contribution in [2.75, 3.05) is 0 Å². The Kier molecular flexibility index (Phi) is 4.76. The molecule has 0 aromatic heterocycles. The lowest BCUT2D eigenvalue weighted by Gasteiger charge is -2.12. The largest absolute Gasteiger partial charge is 0.446 e. The molecule has 0 aliphatic rings. The number of thioether (sulfide) groups is 1. The summed E-state index contributed by atoms with van der Waals surface area (Å²) >= 11 is -0.254. The molecule has 0 saturated heterocycles. The van der Waals surface area contributed by atoms with Gasteiger partial charge in [-0.05, 0) is 29.5 Å². The summed E-state index contributed by atoms with van der Waals surface area (Å²) in [6.07, 6.45) is -3.04. The molecule has 0 saturated carbocycles. The lowest BCUT2D eigenvalue weighted by molar-refractivity contribution is -0.0328. The highest BCUT2D eigenvalue weighted by Crippen LogP contribution is 2.37. The van der Waals surface area contributed by atoms with E-state index in [9.17, 15) is 22.0 Å². The fourth-order valence-electron chi connectivity index (χ4n) is 1.24. The Bertz CT molecular complexity index is 349. The average molecular weight is 271 g/mol. The van der Waals surface area contributed by atoms with Crippen LogP contribution < -0.4 is 5.73 Å². The third-order valence-corrected chi connectivity index (χ3v) is 2.71. The number of nitrogens with two attached hydrogens (primary N) is 1. The predicted molar refractivity (Wildman–Crippen MR) is 55.9 cm³/mol. The van der Waals surface area contributed by atoms with Crippen LogP contribution in [0.3, 0.4) is 0 Å². The quantitative estimate of drug-likeness (QED) is 0.662. The molecular weight excluding hydrogens is 261 g/mol. The molecule has 2 N–H and O–H groups in total. The van der Waals surface area contributed by atoms with E-state index in [1.54, 1.807) is 0 Å². The van der Waals surface area contributed by atoms with E-state index in [0.717, 1.165) is 0 Å². The number of benzene rings is 1. The summed E-state index contributed by atoms with van der Waals surface area (Å²) in [6, 6.07) is 4.25. The van der Waals surface area contributed by atoms with Crippen molar-refractivity contribution in [3.8, 4) is 0 Å². The number of alkyl halides is 5. The lowest BCUT2D eigenvalue weighted by Crippen LogP contribution is -2.13. The van der Waals surface area contributed by atoms with E-state index >= 15 is 0 Å². The summed E-state index contributed by atoms with van der Waals surface area (Å²) in [5.74, 6) is 0. The van der Waals surface area contributed by atoms with Crippen LogP contribution in [0.25, 0.3) is 0 Å². The van der Waals surface area contributed by atoms with Crippen LogP contribution in [0.4, 0.5) is 22.0 Å². The molecule has 0 spiro atoms. The van der Waals surface area contributed by atoms with E-state index in [1.807, 2.05) is 0 Å². The van der Waals surface area contributed by atoms with Gasteiger partial charge in [0.25, 0.3) is 0 Å². The van der Waals surface area contributed by atoms with Crippen molar-refractivity contribution < 1.29 is 22.0 Å². The van der Waals surface area contributed by atoms with Crippen molar-refractivity contribution in [3.05, 3.63) is 29.8 Å². The minimum Gasteiger partial charge on any atom is -0.324 e. The van der Waals surface area contributed by atoms with Gasteiger partial charge in [-0.2, -0.15) is 13.2 Å². The van der Waals surface area contributed by atoms with Crippen LogP contribution in [0, 0.1) is 0 Å². The molecule has 0 aliphatic carbocycles. The van der Waals surface area contributed by atoms with Gasteiger partial charge in [-0.3, -0.25) is 0 Å². The number of hydrogen-bond acceptors (Lipinski definition) is 2. The molecular formula is C10H10F5NS. The van der Waals surface area contributed by atoms with Crippen molar-refractivity contribution in [3.63, 3.8) is 0 Å². The fraction of sp³-hybridized carbons (Fsp3) is 0.400. The number of rotatable bonds is 4. The van der Waals surface area contributed by atoms with Crippen molar-refractivity contribution >= 4 is 11.8 Å². The fourth-order valence-corrected chi connectivity index (χ4v) is 1.78. The molecule has 17 heavy (non-hydrogen) atoms. The maximum atomic E-state index is 12.0. The van der Waals surface area contributed by atoms with Gasteiger partial charge < -0.3 is 5.73 Å². The van der Waals surface area contributed by atoms with Crippen LogP contribution in [0.15, 0.2) is 29.2 Å². The van der Waals surface area contributed by atoms with Gasteiger partial charge in [0.15, 0.2) is 0 Å². The summed E-state index contributed by atoms with van der Waals surface area (Å²) < 4.78 is 60.1. The Balaban J connectivity index is 2.67. The molecule has 0 radical (unpaired) electrons. The van der Waals surface area contributed by atoms with Gasteiger partial charge in [-0.15, -0.1) is 0 Å². The standard InChI is InChI=1S/C10H10F5NS/c11-9(12)5-8(16)6-1-3-7(4-2-6)17-10(13,14)15/h1-4,8-9H,5,16H2/t8-/m0/s1. The van der Waals surface area contributed by atoms with Crippen LogP contribution in [-0.2, 0) is 0 Å². The van der Waals surface area contributed by atoms with Crippen LogP contribution in [0.2, 0.25) is 0 Å². The normalized spacial score (nSPS) is 14.1. The SMILES string of the molecule is N[C@@H](CC(F)F)c1ccc(SC(F)(F)F)cc1. The Labute approximate surface area is 99.2 Å². The highest BCUT2D eigenvalue weighted by Gasteiger charge is 2.29. The van der Waals surface area contributed by atoms with Crippen molar-refractivity contribution in [2.24, 2.45) is 5.73 Å². The van der Waals surface area contributed by atoms with Crippen molar-refractivity contribution in [1.82, 2.24) is 0 Å². The van der Waals surface area contributed by atoms with Gasteiger partial charge in [-0.1, -0.05) is 12.1 Å². The topological polar surface area (TPSA) is 26.0 Å². The zero-order chi connectivity index (χ0) is 13.1. The maximum Gasteiger partial charge on any atom is 0.446 e. The van der Waals surface area contributed by atoms with Crippen LogP contribution >= 0.6 is 11.8 Å². The van der Waals surface area contributed by atoms with Gasteiger partial charge in [0.2, 0.25) is 6.43 Å². The average Bonchev–Trinajstić information content (AvgIpc) is 2.15. The Morgan fingerprint density at radius 1 is 1.12 bits per heavy atom. The summed E-state index contributed by atoms with van der Waals surface area (Å²) in [7, 11) is 0. The molecule has 0 heterocycles. The molecule has 0 aliphatic heterocycles. The van der Waals surface area contributed by atoms with E-state index in [2.05, 4.69) is 0 Å². The van der Waals surface area contributed by atoms with E-state index in [4.69, 9.17) is 5.73 Å². The van der Waals surface area contributed by atoms with Crippen molar-refractivity contribution in [2.45, 2.75) is 29.3 Å². The first kappa shape index (κ1) is 14.2. The number of halogens is 5. The monoisotopic (exact) mass is 271 g/mol. The molecule has 1 aromatic carbocycles. The lowest BCUT2D eigenvalue weighted by atomic mass is 10.1. The smallest absolute Gasteiger partial charge is 0.324 e. The third-order valence-electron chi connectivity index (χ3n) is 1.97. The van der Waals surface area contributed by atoms with E-state index in [-0.39, 0.29) is 16.7 Å². The number of hydrogen-bond donors (Lipinski definition) is 1.